The summed E-state index contributed by atoms with van der Waals surface area (Å²) < 4.78 is 35.3. The quantitative estimate of drug-likeness (QED) is 0.892. The molecule has 1 aliphatic rings. The molecule has 1 aromatic rings. The maximum atomic E-state index is 13.2. The minimum absolute atomic E-state index is 0.0966. The van der Waals surface area contributed by atoms with E-state index in [1.807, 2.05) is 0 Å². The van der Waals surface area contributed by atoms with Crippen LogP contribution in [0.2, 0.25) is 0 Å². The van der Waals surface area contributed by atoms with Gasteiger partial charge < -0.3 is 4.90 Å². The molecular weight excluding hydrogens is 283 g/mol. The number of hydrogen-bond acceptors (Lipinski definition) is 3. The summed E-state index contributed by atoms with van der Waals surface area (Å²) in [6.07, 6.45) is 0.191. The first-order chi connectivity index (χ1) is 9.24. The average molecular weight is 300 g/mol. The summed E-state index contributed by atoms with van der Waals surface area (Å²) in [5, 5.41) is 5.00. The Morgan fingerprint density at radius 2 is 2.15 bits per heavy atom. The van der Waals surface area contributed by atoms with Crippen LogP contribution >= 0.6 is 0 Å². The van der Waals surface area contributed by atoms with Crippen molar-refractivity contribution in [2.24, 2.45) is 11.1 Å². The molecule has 20 heavy (non-hydrogen) atoms. The molecule has 1 fully saturated rings. The van der Waals surface area contributed by atoms with Gasteiger partial charge in [-0.1, -0.05) is 12.1 Å². The molecule has 0 aliphatic carbocycles. The molecular formula is C13H17FN2O3S. The van der Waals surface area contributed by atoms with Gasteiger partial charge in [-0.3, -0.25) is 4.79 Å². The Balaban J connectivity index is 2.03. The minimum Gasteiger partial charge on any atom is -0.338 e. The largest absolute Gasteiger partial charge is 0.338 e. The van der Waals surface area contributed by atoms with E-state index in [2.05, 4.69) is 0 Å². The molecule has 0 radical (unpaired) electrons. The van der Waals surface area contributed by atoms with Crippen LogP contribution in [0.15, 0.2) is 18.2 Å². The standard InChI is InChI=1S/C13H17FN2O3S/c1-9-4-10(2-3-12(9)14)6-16-7-11(5-13(16)17)8-20(15,18)19/h2-4,11H,5-8H2,1H3,(H2,15,18,19). The Morgan fingerprint density at radius 1 is 1.45 bits per heavy atom. The number of sulfonamides is 1. The van der Waals surface area contributed by atoms with Gasteiger partial charge in [-0.25, -0.2) is 17.9 Å². The highest BCUT2D eigenvalue weighted by molar-refractivity contribution is 7.89. The van der Waals surface area contributed by atoms with Gasteiger partial charge in [0, 0.05) is 25.4 Å². The van der Waals surface area contributed by atoms with Crippen LogP contribution in [-0.4, -0.2) is 31.5 Å². The fourth-order valence-corrected chi connectivity index (χ4v) is 3.35. The number of hydrogen-bond donors (Lipinski definition) is 1. The Labute approximate surface area is 117 Å². The molecule has 5 nitrogen and oxygen atoms in total. The monoisotopic (exact) mass is 300 g/mol. The van der Waals surface area contributed by atoms with E-state index >= 15 is 0 Å². The van der Waals surface area contributed by atoms with E-state index < -0.39 is 10.0 Å². The van der Waals surface area contributed by atoms with Gasteiger partial charge in [-0.05, 0) is 24.1 Å². The molecule has 7 heteroatoms. The van der Waals surface area contributed by atoms with Crippen LogP contribution in [0.4, 0.5) is 4.39 Å². The SMILES string of the molecule is Cc1cc(CN2CC(CS(N)(=O)=O)CC2=O)ccc1F. The van der Waals surface area contributed by atoms with E-state index in [0.717, 1.165) is 5.56 Å². The number of halogens is 1. The molecule has 0 bridgehead atoms. The van der Waals surface area contributed by atoms with Crippen LogP contribution in [0.5, 0.6) is 0 Å². The molecule has 1 heterocycles. The average Bonchev–Trinajstić information content (AvgIpc) is 2.62. The highest BCUT2D eigenvalue weighted by atomic mass is 32.2. The molecule has 0 saturated carbocycles. The number of likely N-dealkylation sites (tertiary alicyclic amines) is 1. The lowest BCUT2D eigenvalue weighted by Crippen LogP contribution is -2.27. The van der Waals surface area contributed by atoms with E-state index in [9.17, 15) is 17.6 Å². The lowest BCUT2D eigenvalue weighted by Gasteiger charge is -2.17. The Kier molecular flexibility index (Phi) is 4.10. The van der Waals surface area contributed by atoms with Gasteiger partial charge in [-0.15, -0.1) is 0 Å². The zero-order valence-corrected chi connectivity index (χ0v) is 12.0. The number of nitrogens with two attached hydrogens (primary N) is 1. The molecule has 110 valence electrons. The van der Waals surface area contributed by atoms with Crippen molar-refractivity contribution < 1.29 is 17.6 Å². The molecule has 0 spiro atoms. The molecule has 1 aromatic carbocycles. The van der Waals surface area contributed by atoms with E-state index in [-0.39, 0.29) is 29.8 Å². The van der Waals surface area contributed by atoms with Gasteiger partial charge in [0.25, 0.3) is 0 Å². The fraction of sp³-hybridized carbons (Fsp3) is 0.462. The maximum Gasteiger partial charge on any atom is 0.223 e. The molecule has 2 N–H and O–H groups in total. The number of carbonyl (C=O) groups excluding carboxylic acids is 1. The number of amides is 1. The number of carbonyl (C=O) groups is 1. The van der Waals surface area contributed by atoms with Gasteiger partial charge in [-0.2, -0.15) is 0 Å². The van der Waals surface area contributed by atoms with Crippen molar-refractivity contribution >= 4 is 15.9 Å². The highest BCUT2D eigenvalue weighted by Gasteiger charge is 2.31. The molecule has 1 saturated heterocycles. The second-order valence-electron chi connectivity index (χ2n) is 5.26. The number of primary sulfonamides is 1. The predicted octanol–water partition coefficient (Wildman–Crippen LogP) is 0.771. The third-order valence-corrected chi connectivity index (χ3v) is 4.29. The second kappa shape index (κ2) is 5.49. The van der Waals surface area contributed by atoms with Crippen molar-refractivity contribution in [2.75, 3.05) is 12.3 Å². The lowest BCUT2D eigenvalue weighted by atomic mass is 10.1. The topological polar surface area (TPSA) is 80.5 Å². The van der Waals surface area contributed by atoms with E-state index in [0.29, 0.717) is 18.7 Å². The zero-order valence-electron chi connectivity index (χ0n) is 11.2. The summed E-state index contributed by atoms with van der Waals surface area (Å²) in [4.78, 5) is 13.4. The Bertz CT molecular complexity index is 631. The first-order valence-corrected chi connectivity index (χ1v) is 7.99. The normalized spacial score (nSPS) is 19.6. The number of rotatable bonds is 4. The number of nitrogens with zero attached hydrogens (tertiary/aromatic N) is 1. The first-order valence-electron chi connectivity index (χ1n) is 6.28. The van der Waals surface area contributed by atoms with Crippen LogP contribution < -0.4 is 5.14 Å². The van der Waals surface area contributed by atoms with Crippen molar-refractivity contribution in [3.8, 4) is 0 Å². The first kappa shape index (κ1) is 14.9. The second-order valence-corrected chi connectivity index (χ2v) is 6.92. The summed E-state index contributed by atoms with van der Waals surface area (Å²) in [6.45, 7) is 2.39. The van der Waals surface area contributed by atoms with Crippen LogP contribution in [0, 0.1) is 18.7 Å². The Morgan fingerprint density at radius 3 is 2.75 bits per heavy atom. The summed E-state index contributed by atoms with van der Waals surface area (Å²) >= 11 is 0. The van der Waals surface area contributed by atoms with Gasteiger partial charge in [0.2, 0.25) is 15.9 Å². The Hall–Kier alpha value is -1.47. The van der Waals surface area contributed by atoms with Crippen LogP contribution in [-0.2, 0) is 21.4 Å². The lowest BCUT2D eigenvalue weighted by molar-refractivity contribution is -0.128. The van der Waals surface area contributed by atoms with E-state index in [1.54, 1.807) is 24.0 Å². The molecule has 1 unspecified atom stereocenters. The summed E-state index contributed by atoms with van der Waals surface area (Å²) in [5.74, 6) is -0.828. The third-order valence-electron chi connectivity index (χ3n) is 3.36. The van der Waals surface area contributed by atoms with Gasteiger partial charge >= 0.3 is 0 Å². The third kappa shape index (κ3) is 3.77. The van der Waals surface area contributed by atoms with Crippen LogP contribution in [0.25, 0.3) is 0 Å². The molecule has 0 aromatic heterocycles. The summed E-state index contributed by atoms with van der Waals surface area (Å²) in [6, 6.07) is 4.69. The van der Waals surface area contributed by atoms with Crippen molar-refractivity contribution in [2.45, 2.75) is 19.9 Å². The number of benzene rings is 1. The van der Waals surface area contributed by atoms with Crippen molar-refractivity contribution in [1.82, 2.24) is 4.90 Å². The number of aryl methyl sites for hydroxylation is 1. The highest BCUT2D eigenvalue weighted by Crippen LogP contribution is 2.21. The maximum absolute atomic E-state index is 13.2. The fourth-order valence-electron chi connectivity index (χ4n) is 2.47. The smallest absolute Gasteiger partial charge is 0.223 e. The van der Waals surface area contributed by atoms with Gasteiger partial charge in [0.05, 0.1) is 5.75 Å². The van der Waals surface area contributed by atoms with Gasteiger partial charge in [0.1, 0.15) is 5.82 Å². The molecule has 2 rings (SSSR count). The zero-order chi connectivity index (χ0) is 14.9. The van der Waals surface area contributed by atoms with Crippen molar-refractivity contribution in [3.63, 3.8) is 0 Å². The van der Waals surface area contributed by atoms with Crippen LogP contribution in [0.1, 0.15) is 17.5 Å². The predicted molar refractivity (Wildman–Crippen MR) is 72.6 cm³/mol. The van der Waals surface area contributed by atoms with Crippen molar-refractivity contribution in [1.29, 1.82) is 0 Å². The molecule has 1 amide bonds. The molecule has 1 aliphatic heterocycles. The summed E-state index contributed by atoms with van der Waals surface area (Å²) in [7, 11) is -3.57. The van der Waals surface area contributed by atoms with Gasteiger partial charge in [0.15, 0.2) is 0 Å². The van der Waals surface area contributed by atoms with Crippen LogP contribution in [0.3, 0.4) is 0 Å². The molecule has 1 atom stereocenters. The summed E-state index contributed by atoms with van der Waals surface area (Å²) in [5.41, 5.74) is 1.35. The van der Waals surface area contributed by atoms with E-state index in [4.69, 9.17) is 5.14 Å². The van der Waals surface area contributed by atoms with Crippen molar-refractivity contribution in [3.05, 3.63) is 35.1 Å². The van der Waals surface area contributed by atoms with E-state index in [1.165, 1.54) is 6.07 Å². The minimum atomic E-state index is -3.57.